The topological polar surface area (TPSA) is 26.2 Å². The van der Waals surface area contributed by atoms with Gasteiger partial charge in [-0.1, -0.05) is 13.3 Å². The van der Waals surface area contributed by atoms with Gasteiger partial charge in [0.15, 0.2) is 0 Å². The summed E-state index contributed by atoms with van der Waals surface area (Å²) >= 11 is 0. The number of nitrogens with zero attached hydrogens (tertiary/aromatic N) is 1. The zero-order valence-electron chi connectivity index (χ0n) is 11.7. The first-order chi connectivity index (χ1) is 9.49. The van der Waals surface area contributed by atoms with Crippen LogP contribution < -0.4 is 5.32 Å². The molecule has 1 N–H and O–H groups in total. The molecule has 0 spiro atoms. The molecule has 1 aliphatic carbocycles. The fourth-order valence-electron chi connectivity index (χ4n) is 2.77. The molecule has 3 nitrogen and oxygen atoms in total. The van der Waals surface area contributed by atoms with E-state index in [9.17, 15) is 13.2 Å². The summed E-state index contributed by atoms with van der Waals surface area (Å²) in [4.78, 5) is 0. The van der Waals surface area contributed by atoms with Crippen molar-refractivity contribution >= 4 is 0 Å². The highest BCUT2D eigenvalue weighted by molar-refractivity contribution is 5.29. The van der Waals surface area contributed by atoms with Crippen molar-refractivity contribution in [2.75, 3.05) is 13.2 Å². The van der Waals surface area contributed by atoms with Crippen molar-refractivity contribution in [3.8, 4) is 0 Å². The Labute approximate surface area is 117 Å². The first kappa shape index (κ1) is 15.4. The molecule has 0 aliphatic heterocycles. The maximum atomic E-state index is 12.0. The number of alkyl halides is 3. The Balaban J connectivity index is 2.01. The number of fused-ring (bicyclic) bond motifs is 1. The minimum Gasteiger partial charge on any atom is -0.351 e. The van der Waals surface area contributed by atoms with Gasteiger partial charge in [-0.25, -0.2) is 0 Å². The summed E-state index contributed by atoms with van der Waals surface area (Å²) in [6.07, 6.45) is 3.80. The minimum absolute atomic E-state index is 0.228. The Bertz CT molecular complexity index is 429. The van der Waals surface area contributed by atoms with Gasteiger partial charge in [0.2, 0.25) is 0 Å². The van der Waals surface area contributed by atoms with Crippen molar-refractivity contribution < 1.29 is 17.9 Å². The average molecular weight is 290 g/mol. The van der Waals surface area contributed by atoms with Crippen LogP contribution in [-0.2, 0) is 17.7 Å². The average Bonchev–Trinajstić information content (AvgIpc) is 2.66. The lowest BCUT2D eigenvalue weighted by Gasteiger charge is -2.15. The molecule has 1 aromatic heterocycles. The first-order valence-electron chi connectivity index (χ1n) is 7.12. The molecule has 0 fully saturated rings. The third-order valence-electron chi connectivity index (χ3n) is 3.63. The maximum Gasteiger partial charge on any atom is 0.522 e. The van der Waals surface area contributed by atoms with Gasteiger partial charge in [-0.2, -0.15) is 0 Å². The lowest BCUT2D eigenvalue weighted by Crippen LogP contribution is -2.20. The molecule has 0 saturated carbocycles. The van der Waals surface area contributed by atoms with Crippen LogP contribution in [-0.4, -0.2) is 24.1 Å². The predicted octanol–water partition coefficient (Wildman–Crippen LogP) is 3.40. The molecule has 20 heavy (non-hydrogen) atoms. The third-order valence-corrected chi connectivity index (χ3v) is 3.63. The van der Waals surface area contributed by atoms with Crippen molar-refractivity contribution in [2.24, 2.45) is 0 Å². The van der Waals surface area contributed by atoms with Gasteiger partial charge >= 0.3 is 6.36 Å². The standard InChI is InChI=1S/C14H21F3N2O/c1-2-18-13-6-4-3-5-11-9-19(10-12(11)13)7-8-20-14(15,16)17/h9-10,13,18H,2-8H2,1H3. The van der Waals surface area contributed by atoms with Gasteiger partial charge in [-0.05, 0) is 36.9 Å². The Morgan fingerprint density at radius 3 is 2.85 bits per heavy atom. The van der Waals surface area contributed by atoms with Gasteiger partial charge in [-0.15, -0.1) is 13.2 Å². The van der Waals surface area contributed by atoms with E-state index in [0.717, 1.165) is 25.8 Å². The van der Waals surface area contributed by atoms with Crippen molar-refractivity contribution in [3.05, 3.63) is 23.5 Å². The van der Waals surface area contributed by atoms with Crippen LogP contribution in [0.15, 0.2) is 12.4 Å². The zero-order valence-corrected chi connectivity index (χ0v) is 11.7. The second-order valence-corrected chi connectivity index (χ2v) is 5.13. The molecule has 1 aromatic rings. The summed E-state index contributed by atoms with van der Waals surface area (Å²) < 4.78 is 41.5. The molecule has 1 heterocycles. The number of halogens is 3. The molecule has 2 rings (SSSR count). The van der Waals surface area contributed by atoms with Crippen LogP contribution in [0.1, 0.15) is 43.4 Å². The van der Waals surface area contributed by atoms with Crippen molar-refractivity contribution in [1.29, 1.82) is 0 Å². The van der Waals surface area contributed by atoms with Gasteiger partial charge in [0.1, 0.15) is 0 Å². The highest BCUT2D eigenvalue weighted by Crippen LogP contribution is 2.29. The minimum atomic E-state index is -4.55. The SMILES string of the molecule is CCNC1CCCCc2cn(CCOC(F)(F)F)cc21. The molecule has 1 aliphatic rings. The number of nitrogens with one attached hydrogen (secondary N) is 1. The molecule has 1 atom stereocenters. The second-order valence-electron chi connectivity index (χ2n) is 5.13. The summed E-state index contributed by atoms with van der Waals surface area (Å²) in [5, 5.41) is 3.45. The van der Waals surface area contributed by atoms with E-state index in [0.29, 0.717) is 6.04 Å². The maximum absolute atomic E-state index is 12.0. The van der Waals surface area contributed by atoms with Crippen molar-refractivity contribution in [2.45, 2.75) is 51.6 Å². The fourth-order valence-corrected chi connectivity index (χ4v) is 2.77. The first-order valence-corrected chi connectivity index (χ1v) is 7.12. The van der Waals surface area contributed by atoms with E-state index in [1.807, 2.05) is 17.0 Å². The van der Waals surface area contributed by atoms with Crippen LogP contribution in [0.2, 0.25) is 0 Å². The smallest absolute Gasteiger partial charge is 0.351 e. The fraction of sp³-hybridized carbons (Fsp3) is 0.714. The highest BCUT2D eigenvalue weighted by atomic mass is 19.4. The number of rotatable bonds is 5. The number of aromatic nitrogens is 1. The zero-order chi connectivity index (χ0) is 14.6. The van der Waals surface area contributed by atoms with Crippen LogP contribution in [0.4, 0.5) is 13.2 Å². The van der Waals surface area contributed by atoms with Gasteiger partial charge < -0.3 is 9.88 Å². The molecule has 0 saturated heterocycles. The molecule has 0 amide bonds. The van der Waals surface area contributed by atoms with E-state index in [1.54, 1.807) is 0 Å². The lowest BCUT2D eigenvalue weighted by atomic mass is 10.0. The van der Waals surface area contributed by atoms with E-state index in [4.69, 9.17) is 0 Å². The van der Waals surface area contributed by atoms with Gasteiger partial charge in [0.05, 0.1) is 6.61 Å². The Kier molecular flexibility index (Phi) is 5.10. The molecule has 6 heteroatoms. The molecular formula is C14H21F3N2O. The van der Waals surface area contributed by atoms with Gasteiger partial charge in [0, 0.05) is 25.0 Å². The number of hydrogen-bond acceptors (Lipinski definition) is 2. The van der Waals surface area contributed by atoms with Crippen LogP contribution in [0.25, 0.3) is 0 Å². The Morgan fingerprint density at radius 2 is 2.15 bits per heavy atom. The number of ether oxygens (including phenoxy) is 1. The van der Waals surface area contributed by atoms with Crippen molar-refractivity contribution in [3.63, 3.8) is 0 Å². The second kappa shape index (κ2) is 6.63. The third kappa shape index (κ3) is 4.24. The summed E-state index contributed by atoms with van der Waals surface area (Å²) in [6.45, 7) is 2.85. The van der Waals surface area contributed by atoms with E-state index in [-0.39, 0.29) is 13.2 Å². The molecule has 1 unspecified atom stereocenters. The molecule has 0 aromatic carbocycles. The molecular weight excluding hydrogens is 269 g/mol. The molecule has 0 radical (unpaired) electrons. The Hall–Kier alpha value is -1.01. The van der Waals surface area contributed by atoms with Crippen LogP contribution in [0, 0.1) is 0 Å². The lowest BCUT2D eigenvalue weighted by molar-refractivity contribution is -0.325. The molecule has 114 valence electrons. The summed E-state index contributed by atoms with van der Waals surface area (Å²) in [5.74, 6) is 0. The van der Waals surface area contributed by atoms with E-state index >= 15 is 0 Å². The number of aryl methyl sites for hydroxylation is 1. The predicted molar refractivity (Wildman–Crippen MR) is 70.4 cm³/mol. The number of hydrogen-bond donors (Lipinski definition) is 1. The van der Waals surface area contributed by atoms with E-state index < -0.39 is 6.36 Å². The summed E-state index contributed by atoms with van der Waals surface area (Å²) in [5.41, 5.74) is 2.48. The van der Waals surface area contributed by atoms with Crippen LogP contribution in [0.5, 0.6) is 0 Å². The monoisotopic (exact) mass is 290 g/mol. The highest BCUT2D eigenvalue weighted by Gasteiger charge is 2.28. The van der Waals surface area contributed by atoms with Gasteiger partial charge in [-0.3, -0.25) is 4.74 Å². The summed E-state index contributed by atoms with van der Waals surface area (Å²) in [7, 11) is 0. The van der Waals surface area contributed by atoms with Crippen LogP contribution in [0.3, 0.4) is 0 Å². The summed E-state index contributed by atoms with van der Waals surface area (Å²) in [6, 6.07) is 0.322. The van der Waals surface area contributed by atoms with E-state index in [2.05, 4.69) is 17.0 Å². The quantitative estimate of drug-likeness (QED) is 0.841. The normalized spacial score (nSPS) is 19.7. The van der Waals surface area contributed by atoms with E-state index in [1.165, 1.54) is 17.5 Å². The Morgan fingerprint density at radius 1 is 1.35 bits per heavy atom. The largest absolute Gasteiger partial charge is 0.522 e. The van der Waals surface area contributed by atoms with Crippen molar-refractivity contribution in [1.82, 2.24) is 9.88 Å². The van der Waals surface area contributed by atoms with Gasteiger partial charge in [0.25, 0.3) is 0 Å². The molecule has 0 bridgehead atoms. The van der Waals surface area contributed by atoms with Crippen LogP contribution >= 0.6 is 0 Å².